The zero-order valence-electron chi connectivity index (χ0n) is 30.1. The molecule has 0 aromatic heterocycles. The van der Waals surface area contributed by atoms with Gasteiger partial charge in [0.15, 0.2) is 0 Å². The van der Waals surface area contributed by atoms with Gasteiger partial charge in [-0.2, -0.15) is 0 Å². The van der Waals surface area contributed by atoms with Gasteiger partial charge in [-0.3, -0.25) is 0 Å². The number of hydrogen-bond acceptors (Lipinski definition) is 6. The van der Waals surface area contributed by atoms with E-state index in [9.17, 15) is 25.9 Å². The summed E-state index contributed by atoms with van der Waals surface area (Å²) in [6.45, 7) is 8.46. The Hall–Kier alpha value is -1.52. The molecule has 0 aliphatic rings. The molecule has 0 saturated heterocycles. The molecule has 264 valence electrons. The molecule has 9 heteroatoms. The van der Waals surface area contributed by atoms with Gasteiger partial charge in [0.05, 0.1) is 9.79 Å². The Morgan fingerprint density at radius 3 is 1.08 bits per heavy atom. The Balaban J connectivity index is 0.000000333. The summed E-state index contributed by atoms with van der Waals surface area (Å²) in [6.07, 6.45) is 14.6. The van der Waals surface area contributed by atoms with Crippen LogP contribution in [-0.4, -0.2) is 63.7 Å². The van der Waals surface area contributed by atoms with Crippen molar-refractivity contribution < 1.29 is 25.9 Å². The average Bonchev–Trinajstić information content (AvgIpc) is 3.04. The van der Waals surface area contributed by atoms with Gasteiger partial charge in [0.1, 0.15) is 20.2 Å². The summed E-state index contributed by atoms with van der Waals surface area (Å²) < 4.78 is 72.2. The molecule has 0 N–H and O–H groups in total. The van der Waals surface area contributed by atoms with E-state index in [1.807, 2.05) is 60.7 Å². The first-order chi connectivity index (χ1) is 23.0. The monoisotopic (exact) mass is 734 g/mol. The molecule has 0 heterocycles. The van der Waals surface area contributed by atoms with E-state index in [2.05, 4.69) is 27.7 Å². The van der Waals surface area contributed by atoms with Gasteiger partial charge in [-0.25, -0.2) is 16.8 Å². The summed E-state index contributed by atoms with van der Waals surface area (Å²) in [5.74, 6) is 0. The largest absolute Gasteiger partial charge is 2.00 e. The Morgan fingerprint density at radius 2 is 0.776 bits per heavy atom. The van der Waals surface area contributed by atoms with Gasteiger partial charge in [-0.05, 0) is 107 Å². The second-order valence-electron chi connectivity index (χ2n) is 12.9. The SMILES string of the molecule is CCCCCc1cc2ccccc2c(CCCCC)c1S(=O)(=O)[O-].CCCCCc1cc2ccccc2c(CCCCC)c1S(=O)(=O)[O-].[Ca+2]. The molecule has 0 spiro atoms. The molecule has 4 rings (SSSR count). The predicted molar refractivity (Wildman–Crippen MR) is 202 cm³/mol. The number of aryl methyl sites for hydroxylation is 4. The number of rotatable bonds is 18. The van der Waals surface area contributed by atoms with Crippen molar-refractivity contribution in [1.82, 2.24) is 0 Å². The summed E-state index contributed by atoms with van der Waals surface area (Å²) in [7, 11) is -8.96. The van der Waals surface area contributed by atoms with Crippen LogP contribution in [0.5, 0.6) is 0 Å². The topological polar surface area (TPSA) is 114 Å². The van der Waals surface area contributed by atoms with Gasteiger partial charge >= 0.3 is 37.7 Å². The maximum absolute atomic E-state index is 12.0. The Bertz CT molecular complexity index is 1700. The fourth-order valence-corrected chi connectivity index (χ4v) is 8.65. The van der Waals surface area contributed by atoms with Crippen LogP contribution in [0, 0.1) is 0 Å². The van der Waals surface area contributed by atoms with Gasteiger partial charge in [0.25, 0.3) is 0 Å². The third-order valence-corrected chi connectivity index (χ3v) is 11.0. The fraction of sp³-hybridized carbons (Fsp3) is 0.500. The van der Waals surface area contributed by atoms with Gasteiger partial charge in [-0.1, -0.05) is 128 Å². The number of fused-ring (bicyclic) bond motifs is 2. The van der Waals surface area contributed by atoms with Crippen LogP contribution in [0.15, 0.2) is 70.5 Å². The van der Waals surface area contributed by atoms with Crippen LogP contribution in [-0.2, 0) is 45.9 Å². The fourth-order valence-electron chi connectivity index (χ4n) is 6.66. The molecule has 4 aromatic carbocycles. The zero-order chi connectivity index (χ0) is 35.2. The van der Waals surface area contributed by atoms with E-state index in [1.165, 1.54) is 0 Å². The predicted octanol–water partition coefficient (Wildman–Crippen LogP) is 10.0. The van der Waals surface area contributed by atoms with Gasteiger partial charge in [0.2, 0.25) is 0 Å². The summed E-state index contributed by atoms with van der Waals surface area (Å²) in [4.78, 5) is 0.0989. The molecule has 0 bridgehead atoms. The molecule has 0 unspecified atom stereocenters. The number of benzene rings is 4. The molecule has 0 saturated carbocycles. The molecule has 0 fully saturated rings. The number of unbranched alkanes of at least 4 members (excludes halogenated alkanes) is 8. The maximum Gasteiger partial charge on any atom is 2.00 e. The molecular weight excluding hydrogens is 681 g/mol. The Morgan fingerprint density at radius 1 is 0.469 bits per heavy atom. The zero-order valence-corrected chi connectivity index (χ0v) is 33.9. The molecule has 0 amide bonds. The molecule has 49 heavy (non-hydrogen) atoms. The van der Waals surface area contributed by atoms with E-state index in [1.54, 1.807) is 0 Å². The van der Waals surface area contributed by atoms with Crippen LogP contribution in [0.2, 0.25) is 0 Å². The Labute approximate surface area is 326 Å². The third kappa shape index (κ3) is 12.9. The van der Waals surface area contributed by atoms with Gasteiger partial charge in [0, 0.05) is 0 Å². The van der Waals surface area contributed by atoms with E-state index in [-0.39, 0.29) is 47.5 Å². The minimum Gasteiger partial charge on any atom is -0.744 e. The van der Waals surface area contributed by atoms with Crippen molar-refractivity contribution in [3.63, 3.8) is 0 Å². The van der Waals surface area contributed by atoms with Gasteiger partial charge < -0.3 is 9.11 Å². The van der Waals surface area contributed by atoms with Crippen molar-refractivity contribution in [2.45, 2.75) is 140 Å². The Kier molecular flexibility index (Phi) is 19.4. The minimum atomic E-state index is -4.48. The number of hydrogen-bond donors (Lipinski definition) is 0. The molecule has 0 atom stereocenters. The first kappa shape index (κ1) is 43.6. The summed E-state index contributed by atoms with van der Waals surface area (Å²) in [6, 6.07) is 19.4. The molecule has 0 radical (unpaired) electrons. The van der Waals surface area contributed by atoms with Crippen LogP contribution in [0.1, 0.15) is 127 Å². The van der Waals surface area contributed by atoms with E-state index < -0.39 is 20.2 Å². The molecule has 0 aliphatic carbocycles. The van der Waals surface area contributed by atoms with Crippen molar-refractivity contribution in [3.05, 3.63) is 82.9 Å². The van der Waals surface area contributed by atoms with Crippen LogP contribution < -0.4 is 0 Å². The summed E-state index contributed by atoms with van der Waals surface area (Å²) >= 11 is 0. The molecule has 4 aromatic rings. The van der Waals surface area contributed by atoms with Crippen LogP contribution in [0.4, 0.5) is 0 Å². The molecular formula is C40H54CaO6S2. The van der Waals surface area contributed by atoms with E-state index in [4.69, 9.17) is 0 Å². The van der Waals surface area contributed by atoms with Crippen molar-refractivity contribution >= 4 is 79.5 Å². The molecule has 0 aliphatic heterocycles. The second-order valence-corrected chi connectivity index (χ2v) is 15.5. The normalized spacial score (nSPS) is 11.7. The standard InChI is InChI=1S/2C20H28O3S.Ca/c2*1-3-5-7-12-17-15-16-11-9-10-13-18(16)19(14-8-6-4-2)20(17)24(21,22)23;/h2*9-11,13,15H,3-8,12,14H2,1-2H3,(H,21,22,23);/q;;+2/p-2. The molecule has 6 nitrogen and oxygen atoms in total. The van der Waals surface area contributed by atoms with Gasteiger partial charge in [-0.15, -0.1) is 0 Å². The quantitative estimate of drug-likeness (QED) is 0.0571. The first-order valence-electron chi connectivity index (χ1n) is 18.0. The van der Waals surface area contributed by atoms with Crippen molar-refractivity contribution in [1.29, 1.82) is 0 Å². The smallest absolute Gasteiger partial charge is 0.744 e. The van der Waals surface area contributed by atoms with E-state index in [0.717, 1.165) is 110 Å². The van der Waals surface area contributed by atoms with Crippen LogP contribution in [0.3, 0.4) is 0 Å². The first-order valence-corrected chi connectivity index (χ1v) is 20.8. The summed E-state index contributed by atoms with van der Waals surface area (Å²) in [5.41, 5.74) is 2.85. The van der Waals surface area contributed by atoms with Crippen LogP contribution in [0.25, 0.3) is 21.5 Å². The summed E-state index contributed by atoms with van der Waals surface area (Å²) in [5, 5.41) is 3.87. The van der Waals surface area contributed by atoms with E-state index >= 15 is 0 Å². The van der Waals surface area contributed by atoms with E-state index in [0.29, 0.717) is 36.8 Å². The van der Waals surface area contributed by atoms with Crippen molar-refractivity contribution in [2.24, 2.45) is 0 Å². The second kappa shape index (κ2) is 21.8. The van der Waals surface area contributed by atoms with Crippen molar-refractivity contribution in [3.8, 4) is 0 Å². The maximum atomic E-state index is 12.0. The minimum absolute atomic E-state index is 0. The third-order valence-electron chi connectivity index (χ3n) is 9.02. The van der Waals surface area contributed by atoms with Crippen LogP contribution >= 0.6 is 0 Å². The average molecular weight is 735 g/mol. The van der Waals surface area contributed by atoms with Crippen molar-refractivity contribution in [2.75, 3.05) is 0 Å².